The molecule has 1 aromatic carbocycles. The second-order valence-electron chi connectivity index (χ2n) is 5.92. The van der Waals surface area contributed by atoms with Crippen LogP contribution in [0, 0.1) is 0 Å². The Labute approximate surface area is 150 Å². The van der Waals surface area contributed by atoms with E-state index in [1.165, 1.54) is 5.56 Å². The Hall–Kier alpha value is -2.05. The lowest BCUT2D eigenvalue weighted by Crippen LogP contribution is -2.32. The Kier molecular flexibility index (Phi) is 5.37. The number of halogens is 1. The van der Waals surface area contributed by atoms with Crippen molar-refractivity contribution in [2.24, 2.45) is 0 Å². The molecule has 3 aromatic rings. The van der Waals surface area contributed by atoms with Gasteiger partial charge in [0.05, 0.1) is 17.2 Å². The Balaban J connectivity index is 1.61. The van der Waals surface area contributed by atoms with Gasteiger partial charge in [-0.3, -0.25) is 4.68 Å². The SMILES string of the molecule is C[C@H](Cn1cc(Br)cn1)N[C@H](C)c1ccc(-c2cncnc2)cc1. The van der Waals surface area contributed by atoms with Gasteiger partial charge in [-0.05, 0) is 40.9 Å². The van der Waals surface area contributed by atoms with Gasteiger partial charge in [0.2, 0.25) is 0 Å². The predicted octanol–water partition coefficient (Wildman–Crippen LogP) is 3.84. The van der Waals surface area contributed by atoms with Crippen molar-refractivity contribution < 1.29 is 0 Å². The highest BCUT2D eigenvalue weighted by Gasteiger charge is 2.11. The number of nitrogens with one attached hydrogen (secondary N) is 1. The molecule has 0 fully saturated rings. The third kappa shape index (κ3) is 4.27. The fourth-order valence-electron chi connectivity index (χ4n) is 2.71. The largest absolute Gasteiger partial charge is 0.306 e. The predicted molar refractivity (Wildman–Crippen MR) is 98.4 cm³/mol. The lowest BCUT2D eigenvalue weighted by molar-refractivity contribution is 0.413. The van der Waals surface area contributed by atoms with E-state index in [0.29, 0.717) is 6.04 Å². The van der Waals surface area contributed by atoms with Crippen LogP contribution < -0.4 is 5.32 Å². The highest BCUT2D eigenvalue weighted by atomic mass is 79.9. The Bertz CT molecular complexity index is 770. The van der Waals surface area contributed by atoms with Crippen LogP contribution in [0.25, 0.3) is 11.1 Å². The van der Waals surface area contributed by atoms with Gasteiger partial charge in [-0.1, -0.05) is 24.3 Å². The van der Waals surface area contributed by atoms with Gasteiger partial charge in [-0.2, -0.15) is 5.10 Å². The summed E-state index contributed by atoms with van der Waals surface area (Å²) < 4.78 is 2.94. The monoisotopic (exact) mass is 385 g/mol. The maximum Gasteiger partial charge on any atom is 0.115 e. The van der Waals surface area contributed by atoms with Crippen LogP contribution >= 0.6 is 15.9 Å². The molecule has 5 nitrogen and oxygen atoms in total. The van der Waals surface area contributed by atoms with Gasteiger partial charge in [-0.25, -0.2) is 9.97 Å². The standard InChI is InChI=1S/C18H20BrN5/c1-13(10-24-11-18(19)9-22-24)23-14(2)15-3-5-16(6-4-15)17-7-20-12-21-8-17/h3-9,11-14,23H,10H2,1-2H3/t13-,14-/m1/s1. The highest BCUT2D eigenvalue weighted by Crippen LogP contribution is 2.21. The zero-order chi connectivity index (χ0) is 16.9. The molecule has 2 atom stereocenters. The molecule has 1 N–H and O–H groups in total. The molecule has 0 aliphatic carbocycles. The highest BCUT2D eigenvalue weighted by molar-refractivity contribution is 9.10. The first-order valence-corrected chi connectivity index (χ1v) is 8.70. The van der Waals surface area contributed by atoms with E-state index in [2.05, 4.69) is 74.4 Å². The number of aromatic nitrogens is 4. The van der Waals surface area contributed by atoms with E-state index in [1.807, 2.05) is 29.5 Å². The van der Waals surface area contributed by atoms with Crippen LogP contribution in [-0.2, 0) is 6.54 Å². The van der Waals surface area contributed by atoms with Crippen molar-refractivity contribution in [3.05, 3.63) is 65.4 Å². The second-order valence-corrected chi connectivity index (χ2v) is 6.83. The van der Waals surface area contributed by atoms with Crippen LogP contribution in [0.2, 0.25) is 0 Å². The first-order valence-electron chi connectivity index (χ1n) is 7.91. The van der Waals surface area contributed by atoms with Crippen molar-refractivity contribution in [1.82, 2.24) is 25.1 Å². The van der Waals surface area contributed by atoms with Gasteiger partial charge < -0.3 is 5.32 Å². The van der Waals surface area contributed by atoms with E-state index in [0.717, 1.165) is 22.1 Å². The topological polar surface area (TPSA) is 55.6 Å². The summed E-state index contributed by atoms with van der Waals surface area (Å²) in [5.74, 6) is 0. The van der Waals surface area contributed by atoms with Crippen molar-refractivity contribution in [2.75, 3.05) is 0 Å². The van der Waals surface area contributed by atoms with Gasteiger partial charge in [0.1, 0.15) is 6.33 Å². The van der Waals surface area contributed by atoms with E-state index >= 15 is 0 Å². The molecule has 3 rings (SSSR count). The van der Waals surface area contributed by atoms with Crippen LogP contribution in [0.5, 0.6) is 0 Å². The zero-order valence-electron chi connectivity index (χ0n) is 13.7. The minimum Gasteiger partial charge on any atom is -0.306 e. The molecule has 24 heavy (non-hydrogen) atoms. The van der Waals surface area contributed by atoms with Crippen LogP contribution in [0.4, 0.5) is 0 Å². The van der Waals surface area contributed by atoms with Gasteiger partial charge in [-0.15, -0.1) is 0 Å². The van der Waals surface area contributed by atoms with Crippen molar-refractivity contribution in [3.8, 4) is 11.1 Å². The third-order valence-corrected chi connectivity index (χ3v) is 4.31. The first kappa shape index (κ1) is 16.8. The molecule has 0 saturated carbocycles. The smallest absolute Gasteiger partial charge is 0.115 e. The fraction of sp³-hybridized carbons (Fsp3) is 0.278. The molecule has 0 bridgehead atoms. The summed E-state index contributed by atoms with van der Waals surface area (Å²) in [6.07, 6.45) is 8.99. The third-order valence-electron chi connectivity index (χ3n) is 3.90. The van der Waals surface area contributed by atoms with Crippen LogP contribution in [0.15, 0.2) is 59.9 Å². The zero-order valence-corrected chi connectivity index (χ0v) is 15.3. The average Bonchev–Trinajstić information content (AvgIpc) is 3.00. The number of nitrogens with zero attached hydrogens (tertiary/aromatic N) is 4. The molecule has 0 aliphatic rings. The van der Waals surface area contributed by atoms with Crippen LogP contribution in [0.1, 0.15) is 25.5 Å². The van der Waals surface area contributed by atoms with Crippen LogP contribution in [-0.4, -0.2) is 25.8 Å². The first-order chi connectivity index (χ1) is 11.6. The molecule has 0 aliphatic heterocycles. The maximum atomic E-state index is 4.30. The maximum absolute atomic E-state index is 4.30. The van der Waals surface area contributed by atoms with Gasteiger partial charge in [0, 0.05) is 36.2 Å². The Morgan fingerprint density at radius 1 is 1.04 bits per heavy atom. The lowest BCUT2D eigenvalue weighted by Gasteiger charge is -2.20. The summed E-state index contributed by atoms with van der Waals surface area (Å²) in [5, 5.41) is 7.91. The summed E-state index contributed by atoms with van der Waals surface area (Å²) in [6.45, 7) is 5.17. The molecular weight excluding hydrogens is 366 g/mol. The van der Waals surface area contributed by atoms with E-state index in [-0.39, 0.29) is 6.04 Å². The minimum absolute atomic E-state index is 0.264. The van der Waals surface area contributed by atoms with E-state index in [4.69, 9.17) is 0 Å². The number of rotatable bonds is 6. The van der Waals surface area contributed by atoms with Crippen LogP contribution in [0.3, 0.4) is 0 Å². The average molecular weight is 386 g/mol. The Morgan fingerprint density at radius 2 is 1.75 bits per heavy atom. The number of benzene rings is 1. The van der Waals surface area contributed by atoms with Gasteiger partial charge in [0.25, 0.3) is 0 Å². The molecule has 2 heterocycles. The van der Waals surface area contributed by atoms with Gasteiger partial charge in [0.15, 0.2) is 0 Å². The molecule has 6 heteroatoms. The molecule has 0 spiro atoms. The number of hydrogen-bond donors (Lipinski definition) is 1. The minimum atomic E-state index is 0.264. The van der Waals surface area contributed by atoms with E-state index in [1.54, 1.807) is 6.33 Å². The van der Waals surface area contributed by atoms with E-state index < -0.39 is 0 Å². The van der Waals surface area contributed by atoms with Crippen molar-refractivity contribution in [3.63, 3.8) is 0 Å². The lowest BCUT2D eigenvalue weighted by atomic mass is 10.0. The van der Waals surface area contributed by atoms with Crippen molar-refractivity contribution in [1.29, 1.82) is 0 Å². The normalized spacial score (nSPS) is 13.6. The molecule has 124 valence electrons. The molecule has 2 aromatic heterocycles. The summed E-state index contributed by atoms with van der Waals surface area (Å²) in [5.41, 5.74) is 3.41. The molecular formula is C18H20BrN5. The van der Waals surface area contributed by atoms with Gasteiger partial charge >= 0.3 is 0 Å². The molecule has 0 unspecified atom stereocenters. The fourth-order valence-corrected chi connectivity index (χ4v) is 3.03. The van der Waals surface area contributed by atoms with E-state index in [9.17, 15) is 0 Å². The summed E-state index contributed by atoms with van der Waals surface area (Å²) in [7, 11) is 0. The molecule has 0 amide bonds. The molecule has 0 saturated heterocycles. The second kappa shape index (κ2) is 7.68. The van der Waals surface area contributed by atoms with Crippen molar-refractivity contribution in [2.45, 2.75) is 32.5 Å². The quantitative estimate of drug-likeness (QED) is 0.700. The summed E-state index contributed by atoms with van der Waals surface area (Å²) in [4.78, 5) is 8.13. The molecule has 0 radical (unpaired) electrons. The summed E-state index contributed by atoms with van der Waals surface area (Å²) >= 11 is 3.42. The number of hydrogen-bond acceptors (Lipinski definition) is 4. The van der Waals surface area contributed by atoms with Crippen molar-refractivity contribution >= 4 is 15.9 Å². The Morgan fingerprint density at radius 3 is 2.38 bits per heavy atom. The summed E-state index contributed by atoms with van der Waals surface area (Å²) in [6, 6.07) is 9.10.